The predicted octanol–water partition coefficient (Wildman–Crippen LogP) is 2.85. The summed E-state index contributed by atoms with van der Waals surface area (Å²) in [5, 5.41) is 25.1. The molecule has 3 aromatic heterocycles. The Labute approximate surface area is 205 Å². The first-order valence-corrected chi connectivity index (χ1v) is 11.1. The van der Waals surface area contributed by atoms with Crippen LogP contribution in [0.4, 0.5) is 21.6 Å². The zero-order chi connectivity index (χ0) is 25.9. The summed E-state index contributed by atoms with van der Waals surface area (Å²) in [6.07, 6.45) is 4.53. The lowest BCUT2D eigenvalue weighted by Crippen LogP contribution is -2.18. The summed E-state index contributed by atoms with van der Waals surface area (Å²) in [5.74, 6) is -0.866. The molecule has 0 radical (unpaired) electrons. The molecule has 0 aliphatic carbocycles. The van der Waals surface area contributed by atoms with Crippen LogP contribution in [-0.2, 0) is 12.0 Å². The first-order chi connectivity index (χ1) is 17.1. The monoisotopic (exact) mass is 492 g/mol. The van der Waals surface area contributed by atoms with E-state index in [9.17, 15) is 14.0 Å². The molecule has 12 heteroatoms. The molecule has 4 N–H and O–H groups in total. The topological polar surface area (TPSA) is 151 Å². The number of benzene rings is 1. The average Bonchev–Trinajstić information content (AvgIpc) is 3.28. The van der Waals surface area contributed by atoms with E-state index in [1.807, 2.05) is 20.8 Å². The maximum Gasteiger partial charge on any atom is 0.287 e. The molecule has 4 aromatic rings. The standard InChI is InChI=1S/C24H25FN8O3/c1-24(2,3)20-13-26-19(12-27-20)22(35)29-17-10-14(4-5-15(17)25)16-11-18(23(36)31-30-16)28-21-6-7-33(32-21)8-9-34/h4-7,10-13,34H,8-9H2,1-3H3,(H,29,35)(H,31,36)(H,28,30,32). The van der Waals surface area contributed by atoms with Crippen LogP contribution in [0.25, 0.3) is 11.3 Å². The van der Waals surface area contributed by atoms with Crippen LogP contribution >= 0.6 is 0 Å². The number of aromatic nitrogens is 6. The van der Waals surface area contributed by atoms with Gasteiger partial charge in [0.1, 0.15) is 17.2 Å². The lowest BCUT2D eigenvalue weighted by Gasteiger charge is -2.16. The number of nitrogens with zero attached hydrogens (tertiary/aromatic N) is 5. The van der Waals surface area contributed by atoms with Gasteiger partial charge in [0.25, 0.3) is 11.5 Å². The van der Waals surface area contributed by atoms with E-state index < -0.39 is 17.3 Å². The Hall–Kier alpha value is -4.45. The quantitative estimate of drug-likeness (QED) is 0.307. The van der Waals surface area contributed by atoms with Crippen molar-refractivity contribution in [2.45, 2.75) is 32.7 Å². The van der Waals surface area contributed by atoms with E-state index in [4.69, 9.17) is 5.11 Å². The molecule has 186 valence electrons. The molecule has 0 fully saturated rings. The van der Waals surface area contributed by atoms with Crippen LogP contribution < -0.4 is 16.2 Å². The minimum atomic E-state index is -0.649. The summed E-state index contributed by atoms with van der Waals surface area (Å²) in [6.45, 7) is 6.18. The third-order valence-corrected chi connectivity index (χ3v) is 5.20. The Morgan fingerprint density at radius 1 is 1.14 bits per heavy atom. The highest BCUT2D eigenvalue weighted by Crippen LogP contribution is 2.25. The van der Waals surface area contributed by atoms with Crippen LogP contribution in [0, 0.1) is 5.82 Å². The first kappa shape index (κ1) is 24.7. The van der Waals surface area contributed by atoms with E-state index in [2.05, 4.69) is 35.9 Å². The van der Waals surface area contributed by atoms with E-state index in [-0.39, 0.29) is 29.1 Å². The summed E-state index contributed by atoms with van der Waals surface area (Å²) >= 11 is 0. The number of aliphatic hydroxyl groups is 1. The maximum absolute atomic E-state index is 14.5. The largest absolute Gasteiger partial charge is 0.394 e. The van der Waals surface area contributed by atoms with Gasteiger partial charge in [0, 0.05) is 29.4 Å². The second-order valence-corrected chi connectivity index (χ2v) is 8.99. The van der Waals surface area contributed by atoms with Crippen molar-refractivity contribution < 1.29 is 14.3 Å². The Balaban J connectivity index is 1.56. The van der Waals surface area contributed by atoms with E-state index >= 15 is 0 Å². The van der Waals surface area contributed by atoms with Gasteiger partial charge >= 0.3 is 0 Å². The van der Waals surface area contributed by atoms with Gasteiger partial charge in [-0.3, -0.25) is 19.3 Å². The second kappa shape index (κ2) is 10.0. The Morgan fingerprint density at radius 2 is 1.94 bits per heavy atom. The molecule has 0 unspecified atom stereocenters. The van der Waals surface area contributed by atoms with Crippen molar-refractivity contribution in [1.82, 2.24) is 29.9 Å². The minimum Gasteiger partial charge on any atom is -0.394 e. The SMILES string of the molecule is CC(C)(C)c1cnc(C(=O)Nc2cc(-c3cc(Nc4ccn(CCO)n4)c(=O)[nH]n3)ccc2F)cn1. The fourth-order valence-electron chi connectivity index (χ4n) is 3.24. The van der Waals surface area contributed by atoms with Crippen molar-refractivity contribution in [2.75, 3.05) is 17.2 Å². The number of hydrogen-bond acceptors (Lipinski definition) is 8. The van der Waals surface area contributed by atoms with Crippen LogP contribution in [0.5, 0.6) is 0 Å². The molecule has 0 aliphatic rings. The van der Waals surface area contributed by atoms with Gasteiger partial charge in [-0.25, -0.2) is 14.5 Å². The van der Waals surface area contributed by atoms with Gasteiger partial charge in [-0.05, 0) is 24.3 Å². The molecule has 0 saturated carbocycles. The fourth-order valence-corrected chi connectivity index (χ4v) is 3.24. The van der Waals surface area contributed by atoms with Gasteiger partial charge in [-0.15, -0.1) is 0 Å². The van der Waals surface area contributed by atoms with E-state index in [0.29, 0.717) is 23.6 Å². The Kier molecular flexibility index (Phi) is 6.88. The normalized spacial score (nSPS) is 11.4. The molecule has 3 heterocycles. The molecular formula is C24H25FN8O3. The summed E-state index contributed by atoms with van der Waals surface area (Å²) < 4.78 is 16.0. The summed E-state index contributed by atoms with van der Waals surface area (Å²) in [7, 11) is 0. The lowest BCUT2D eigenvalue weighted by molar-refractivity contribution is 0.102. The number of amides is 1. The van der Waals surface area contributed by atoms with Gasteiger partial charge in [-0.2, -0.15) is 10.2 Å². The predicted molar refractivity (Wildman–Crippen MR) is 132 cm³/mol. The zero-order valence-electron chi connectivity index (χ0n) is 19.9. The van der Waals surface area contributed by atoms with Crippen LogP contribution in [-0.4, -0.2) is 47.6 Å². The van der Waals surface area contributed by atoms with Crippen molar-refractivity contribution in [2.24, 2.45) is 0 Å². The third-order valence-electron chi connectivity index (χ3n) is 5.20. The Morgan fingerprint density at radius 3 is 2.64 bits per heavy atom. The van der Waals surface area contributed by atoms with Gasteiger partial charge in [0.2, 0.25) is 0 Å². The molecule has 1 aromatic carbocycles. The number of carbonyl (C=O) groups excluding carboxylic acids is 1. The minimum absolute atomic E-state index is 0.0436. The zero-order valence-corrected chi connectivity index (χ0v) is 19.9. The number of nitrogens with one attached hydrogen (secondary N) is 3. The molecule has 36 heavy (non-hydrogen) atoms. The second-order valence-electron chi connectivity index (χ2n) is 8.99. The number of aromatic amines is 1. The highest BCUT2D eigenvalue weighted by Gasteiger charge is 2.18. The number of hydrogen-bond donors (Lipinski definition) is 4. The van der Waals surface area contributed by atoms with Crippen molar-refractivity contribution in [3.63, 3.8) is 0 Å². The highest BCUT2D eigenvalue weighted by molar-refractivity contribution is 6.03. The van der Waals surface area contributed by atoms with Crippen molar-refractivity contribution in [3.8, 4) is 11.3 Å². The third kappa shape index (κ3) is 5.61. The summed E-state index contributed by atoms with van der Waals surface area (Å²) in [5.41, 5.74) is 0.927. The maximum atomic E-state index is 14.5. The number of H-pyrrole nitrogens is 1. The summed E-state index contributed by atoms with van der Waals surface area (Å²) in [6, 6.07) is 7.21. The molecule has 0 saturated heterocycles. The molecular weight excluding hydrogens is 467 g/mol. The molecule has 0 spiro atoms. The van der Waals surface area contributed by atoms with Gasteiger partial charge in [0.15, 0.2) is 5.82 Å². The number of anilines is 3. The molecule has 1 amide bonds. The summed E-state index contributed by atoms with van der Waals surface area (Å²) in [4.78, 5) is 33.3. The molecule has 0 bridgehead atoms. The van der Waals surface area contributed by atoms with Crippen LogP contribution in [0.15, 0.2) is 53.7 Å². The highest BCUT2D eigenvalue weighted by atomic mass is 19.1. The molecule has 4 rings (SSSR count). The average molecular weight is 493 g/mol. The van der Waals surface area contributed by atoms with Gasteiger partial charge in [0.05, 0.1) is 36.4 Å². The first-order valence-electron chi connectivity index (χ1n) is 11.1. The smallest absolute Gasteiger partial charge is 0.287 e. The van der Waals surface area contributed by atoms with Crippen LogP contribution in [0.2, 0.25) is 0 Å². The molecule has 0 aliphatic heterocycles. The molecule has 0 atom stereocenters. The number of carbonyl (C=O) groups is 1. The van der Waals surface area contributed by atoms with Gasteiger partial charge < -0.3 is 15.7 Å². The van der Waals surface area contributed by atoms with Crippen molar-refractivity contribution in [3.05, 3.63) is 76.5 Å². The van der Waals surface area contributed by atoms with Crippen molar-refractivity contribution >= 4 is 23.1 Å². The van der Waals surface area contributed by atoms with E-state index in [0.717, 1.165) is 5.69 Å². The lowest BCUT2D eigenvalue weighted by atomic mass is 9.93. The fraction of sp³-hybridized carbons (Fsp3) is 0.250. The molecule has 11 nitrogen and oxygen atoms in total. The van der Waals surface area contributed by atoms with Crippen LogP contribution in [0.3, 0.4) is 0 Å². The van der Waals surface area contributed by atoms with E-state index in [1.165, 1.54) is 41.3 Å². The van der Waals surface area contributed by atoms with E-state index in [1.54, 1.807) is 12.3 Å². The number of aliphatic hydroxyl groups excluding tert-OH is 1. The van der Waals surface area contributed by atoms with Crippen LogP contribution in [0.1, 0.15) is 37.0 Å². The Bertz CT molecular complexity index is 1440. The number of rotatable bonds is 7. The number of halogens is 1. The van der Waals surface area contributed by atoms with Gasteiger partial charge in [-0.1, -0.05) is 20.8 Å². The van der Waals surface area contributed by atoms with Crippen molar-refractivity contribution in [1.29, 1.82) is 0 Å².